The fraction of sp³-hybridized carbons (Fsp3) is 0.818. The van der Waals surface area contributed by atoms with Crippen LogP contribution in [0.2, 0.25) is 0 Å². The SMILES string of the molecule is NC(=O)C1CCC(CN=C(N)N2CCSCC2)O1. The van der Waals surface area contributed by atoms with E-state index in [9.17, 15) is 4.79 Å². The quantitative estimate of drug-likeness (QED) is 0.527. The summed E-state index contributed by atoms with van der Waals surface area (Å²) in [5.74, 6) is 2.39. The van der Waals surface area contributed by atoms with E-state index in [2.05, 4.69) is 9.89 Å². The van der Waals surface area contributed by atoms with E-state index in [1.54, 1.807) is 0 Å². The Morgan fingerprint density at radius 1 is 1.33 bits per heavy atom. The van der Waals surface area contributed by atoms with E-state index in [0.717, 1.165) is 31.0 Å². The summed E-state index contributed by atoms with van der Waals surface area (Å²) in [7, 11) is 0. The Labute approximate surface area is 111 Å². The van der Waals surface area contributed by atoms with Crippen LogP contribution in [0.25, 0.3) is 0 Å². The molecular weight excluding hydrogens is 252 g/mol. The van der Waals surface area contributed by atoms with Crippen molar-refractivity contribution in [2.45, 2.75) is 25.0 Å². The van der Waals surface area contributed by atoms with Crippen molar-refractivity contribution in [3.63, 3.8) is 0 Å². The van der Waals surface area contributed by atoms with Gasteiger partial charge in [-0.25, -0.2) is 0 Å². The van der Waals surface area contributed by atoms with Crippen LogP contribution in [-0.4, -0.2) is 60.1 Å². The van der Waals surface area contributed by atoms with Crippen molar-refractivity contribution >= 4 is 23.6 Å². The van der Waals surface area contributed by atoms with Gasteiger partial charge < -0.3 is 21.1 Å². The fourth-order valence-electron chi connectivity index (χ4n) is 2.14. The van der Waals surface area contributed by atoms with Gasteiger partial charge in [-0.15, -0.1) is 0 Å². The number of amides is 1. The van der Waals surface area contributed by atoms with Crippen LogP contribution in [0.5, 0.6) is 0 Å². The molecule has 0 bridgehead atoms. The number of rotatable bonds is 3. The average molecular weight is 272 g/mol. The highest BCUT2D eigenvalue weighted by molar-refractivity contribution is 7.99. The number of guanidine groups is 1. The first-order valence-corrected chi connectivity index (χ1v) is 7.39. The van der Waals surface area contributed by atoms with E-state index in [1.807, 2.05) is 11.8 Å². The van der Waals surface area contributed by atoms with Crippen LogP contribution in [0.3, 0.4) is 0 Å². The third-order valence-corrected chi connectivity index (χ3v) is 4.16. The number of aliphatic imine (C=N–C) groups is 1. The normalized spacial score (nSPS) is 29.6. The number of primary amides is 1. The Morgan fingerprint density at radius 2 is 2.06 bits per heavy atom. The van der Waals surface area contributed by atoms with E-state index in [1.165, 1.54) is 0 Å². The van der Waals surface area contributed by atoms with Crippen molar-refractivity contribution in [2.24, 2.45) is 16.5 Å². The summed E-state index contributed by atoms with van der Waals surface area (Å²) in [5, 5.41) is 0. The molecule has 18 heavy (non-hydrogen) atoms. The molecule has 2 heterocycles. The molecule has 2 atom stereocenters. The van der Waals surface area contributed by atoms with Gasteiger partial charge in [-0.3, -0.25) is 9.79 Å². The highest BCUT2D eigenvalue weighted by Gasteiger charge is 2.28. The van der Waals surface area contributed by atoms with Gasteiger partial charge in [0.15, 0.2) is 5.96 Å². The highest BCUT2D eigenvalue weighted by atomic mass is 32.2. The molecule has 2 fully saturated rings. The minimum absolute atomic E-state index is 0.0276. The van der Waals surface area contributed by atoms with Crippen molar-refractivity contribution in [3.8, 4) is 0 Å². The molecule has 0 aromatic heterocycles. The van der Waals surface area contributed by atoms with Crippen LogP contribution in [0, 0.1) is 0 Å². The zero-order valence-electron chi connectivity index (χ0n) is 10.4. The van der Waals surface area contributed by atoms with Crippen LogP contribution in [0.15, 0.2) is 4.99 Å². The summed E-state index contributed by atoms with van der Waals surface area (Å²) < 4.78 is 5.50. The third kappa shape index (κ3) is 3.52. The predicted molar refractivity (Wildman–Crippen MR) is 72.5 cm³/mol. The Kier molecular flexibility index (Phi) is 4.71. The predicted octanol–water partition coefficient (Wildman–Crippen LogP) is -0.617. The van der Waals surface area contributed by atoms with Crippen molar-refractivity contribution in [1.82, 2.24) is 4.90 Å². The van der Waals surface area contributed by atoms with Gasteiger partial charge in [-0.05, 0) is 12.8 Å². The van der Waals surface area contributed by atoms with Gasteiger partial charge in [-0.2, -0.15) is 11.8 Å². The van der Waals surface area contributed by atoms with Gasteiger partial charge in [0.1, 0.15) is 6.10 Å². The van der Waals surface area contributed by atoms with Gasteiger partial charge in [0.2, 0.25) is 5.91 Å². The number of hydrogen-bond donors (Lipinski definition) is 2. The molecule has 2 aliphatic rings. The Morgan fingerprint density at radius 3 is 2.67 bits per heavy atom. The smallest absolute Gasteiger partial charge is 0.246 e. The van der Waals surface area contributed by atoms with E-state index in [-0.39, 0.29) is 12.0 Å². The fourth-order valence-corrected chi connectivity index (χ4v) is 3.04. The third-order valence-electron chi connectivity index (χ3n) is 3.22. The van der Waals surface area contributed by atoms with Gasteiger partial charge in [0.25, 0.3) is 0 Å². The van der Waals surface area contributed by atoms with E-state index >= 15 is 0 Å². The number of carbonyl (C=O) groups excluding carboxylic acids is 1. The number of thioether (sulfide) groups is 1. The number of nitrogens with zero attached hydrogens (tertiary/aromatic N) is 2. The van der Waals surface area contributed by atoms with Crippen molar-refractivity contribution in [2.75, 3.05) is 31.1 Å². The van der Waals surface area contributed by atoms with Crippen LogP contribution >= 0.6 is 11.8 Å². The molecule has 4 N–H and O–H groups in total. The molecule has 0 radical (unpaired) electrons. The molecule has 1 amide bonds. The van der Waals surface area contributed by atoms with Crippen molar-refractivity contribution in [3.05, 3.63) is 0 Å². The Hall–Kier alpha value is -0.950. The minimum Gasteiger partial charge on any atom is -0.370 e. The molecule has 0 spiro atoms. The lowest BCUT2D eigenvalue weighted by Crippen LogP contribution is -2.43. The first kappa shape index (κ1) is 13.5. The Balaban J connectivity index is 1.78. The Bertz CT molecular complexity index is 331. The highest BCUT2D eigenvalue weighted by Crippen LogP contribution is 2.19. The zero-order chi connectivity index (χ0) is 13.0. The summed E-state index contributed by atoms with van der Waals surface area (Å²) >= 11 is 1.93. The second kappa shape index (κ2) is 6.29. The van der Waals surface area contributed by atoms with E-state index in [0.29, 0.717) is 18.9 Å². The molecular formula is C11H20N4O2S. The first-order chi connectivity index (χ1) is 8.66. The summed E-state index contributed by atoms with van der Waals surface area (Å²) in [5.41, 5.74) is 11.1. The van der Waals surface area contributed by atoms with Gasteiger partial charge in [0.05, 0.1) is 12.6 Å². The van der Waals surface area contributed by atoms with Crippen molar-refractivity contribution < 1.29 is 9.53 Å². The number of ether oxygens (including phenoxy) is 1. The number of hydrogen-bond acceptors (Lipinski definition) is 4. The van der Waals surface area contributed by atoms with Crippen molar-refractivity contribution in [1.29, 1.82) is 0 Å². The molecule has 102 valence electrons. The van der Waals surface area contributed by atoms with Crippen LogP contribution in [0.1, 0.15) is 12.8 Å². The molecule has 2 saturated heterocycles. The van der Waals surface area contributed by atoms with Crippen LogP contribution in [-0.2, 0) is 9.53 Å². The lowest BCUT2D eigenvalue weighted by atomic mass is 10.2. The maximum Gasteiger partial charge on any atom is 0.246 e. The van der Waals surface area contributed by atoms with E-state index in [4.69, 9.17) is 16.2 Å². The van der Waals surface area contributed by atoms with Crippen LogP contribution in [0.4, 0.5) is 0 Å². The average Bonchev–Trinajstić information content (AvgIpc) is 2.86. The number of nitrogens with two attached hydrogens (primary N) is 2. The first-order valence-electron chi connectivity index (χ1n) is 6.24. The lowest BCUT2D eigenvalue weighted by Gasteiger charge is -2.27. The molecule has 6 nitrogen and oxygen atoms in total. The minimum atomic E-state index is -0.446. The summed E-state index contributed by atoms with van der Waals surface area (Å²) in [4.78, 5) is 17.4. The van der Waals surface area contributed by atoms with Gasteiger partial charge >= 0.3 is 0 Å². The summed E-state index contributed by atoms with van der Waals surface area (Å²) in [6.45, 7) is 2.42. The zero-order valence-corrected chi connectivity index (χ0v) is 11.2. The maximum atomic E-state index is 11.0. The van der Waals surface area contributed by atoms with Gasteiger partial charge in [0, 0.05) is 24.6 Å². The molecule has 0 saturated carbocycles. The largest absolute Gasteiger partial charge is 0.370 e. The second-order valence-corrected chi connectivity index (χ2v) is 5.75. The standard InChI is InChI=1S/C11H20N4O2S/c12-10(16)9-2-1-8(17-9)7-14-11(13)15-3-5-18-6-4-15/h8-9H,1-7H2,(H2,12,16)(H2,13,14). The number of carbonyl (C=O) groups is 1. The van der Waals surface area contributed by atoms with Gasteiger partial charge in [-0.1, -0.05) is 0 Å². The molecule has 0 aromatic carbocycles. The topological polar surface area (TPSA) is 93.9 Å². The monoisotopic (exact) mass is 272 g/mol. The lowest BCUT2D eigenvalue weighted by molar-refractivity contribution is -0.128. The van der Waals surface area contributed by atoms with Crippen LogP contribution < -0.4 is 11.5 Å². The molecule has 2 rings (SSSR count). The molecule has 0 aromatic rings. The maximum absolute atomic E-state index is 11.0. The second-order valence-electron chi connectivity index (χ2n) is 4.52. The summed E-state index contributed by atoms with van der Waals surface area (Å²) in [6, 6.07) is 0. The molecule has 0 aliphatic carbocycles. The molecule has 2 aliphatic heterocycles. The summed E-state index contributed by atoms with van der Waals surface area (Å²) in [6.07, 6.45) is 1.04. The van der Waals surface area contributed by atoms with E-state index < -0.39 is 6.10 Å². The molecule has 2 unspecified atom stereocenters. The molecule has 7 heteroatoms.